The van der Waals surface area contributed by atoms with E-state index in [9.17, 15) is 28.8 Å². The Kier molecular flexibility index (Phi) is 9.68. The monoisotopic (exact) mass is 624 g/mol. The standard InChI is InChI=1S/C31H32N2O12/c1-31(2)42-25(27(40-17-19-9-5-3-6-10-19)29(38)44-32-21(34)13-14-22(32)35)26(43-31)28(41-18-20-11-7-4-8-12-20)30(39)45-33-23(36)15-16-24(33)37/h3-12,25-28H,13-18H2,1-2H3/t25-,26-,27-,28-/m1/s1. The van der Waals surface area contributed by atoms with Crippen molar-refractivity contribution in [3.05, 3.63) is 71.8 Å². The molecule has 14 nitrogen and oxygen atoms in total. The molecule has 0 N–H and O–H groups in total. The first-order chi connectivity index (χ1) is 21.5. The van der Waals surface area contributed by atoms with Crippen LogP contribution in [0.5, 0.6) is 0 Å². The van der Waals surface area contributed by atoms with Gasteiger partial charge >= 0.3 is 11.9 Å². The molecule has 2 aromatic carbocycles. The van der Waals surface area contributed by atoms with Gasteiger partial charge in [0.1, 0.15) is 12.2 Å². The molecule has 5 rings (SSSR count). The summed E-state index contributed by atoms with van der Waals surface area (Å²) in [4.78, 5) is 86.6. The van der Waals surface area contributed by atoms with Crippen molar-refractivity contribution in [1.82, 2.24) is 10.1 Å². The predicted octanol–water partition coefficient (Wildman–Crippen LogP) is 1.89. The highest BCUT2D eigenvalue weighted by Gasteiger charge is 2.55. The van der Waals surface area contributed by atoms with E-state index < -0.39 is 65.8 Å². The van der Waals surface area contributed by atoms with Crippen molar-refractivity contribution in [3.8, 4) is 0 Å². The molecular formula is C31H32N2O12. The number of amides is 4. The molecule has 0 aromatic heterocycles. The summed E-state index contributed by atoms with van der Waals surface area (Å²) in [6.45, 7) is 2.79. The number of carbonyl (C=O) groups is 6. The molecule has 3 aliphatic rings. The summed E-state index contributed by atoms with van der Waals surface area (Å²) >= 11 is 0. The lowest BCUT2D eigenvalue weighted by Gasteiger charge is -2.30. The number of hydrogen-bond donors (Lipinski definition) is 0. The van der Waals surface area contributed by atoms with E-state index in [0.29, 0.717) is 21.3 Å². The summed E-state index contributed by atoms with van der Waals surface area (Å²) in [5.74, 6) is -6.56. The minimum Gasteiger partial charge on any atom is -0.359 e. The first-order valence-electron chi connectivity index (χ1n) is 14.3. The van der Waals surface area contributed by atoms with Gasteiger partial charge in [-0.2, -0.15) is 0 Å². The number of benzene rings is 2. The van der Waals surface area contributed by atoms with Gasteiger partial charge in [-0.05, 0) is 25.0 Å². The largest absolute Gasteiger partial charge is 0.364 e. The first-order valence-corrected chi connectivity index (χ1v) is 14.3. The van der Waals surface area contributed by atoms with Crippen LogP contribution in [0.1, 0.15) is 50.7 Å². The Hall–Kier alpha value is -4.50. The fourth-order valence-electron chi connectivity index (χ4n) is 5.00. The summed E-state index contributed by atoms with van der Waals surface area (Å²) in [5, 5.41) is 0.749. The molecule has 3 heterocycles. The van der Waals surface area contributed by atoms with Gasteiger partial charge in [-0.3, -0.25) is 19.2 Å². The molecule has 0 spiro atoms. The molecule has 14 heteroatoms. The molecule has 0 radical (unpaired) electrons. The lowest BCUT2D eigenvalue weighted by atomic mass is 10.0. The lowest BCUT2D eigenvalue weighted by molar-refractivity contribution is -0.216. The van der Waals surface area contributed by atoms with Gasteiger partial charge in [0.25, 0.3) is 23.6 Å². The summed E-state index contributed by atoms with van der Waals surface area (Å²) in [6, 6.07) is 17.6. The first kappa shape index (κ1) is 31.9. The highest BCUT2D eigenvalue weighted by atomic mass is 16.8. The summed E-state index contributed by atoms with van der Waals surface area (Å²) < 4.78 is 24.1. The van der Waals surface area contributed by atoms with Crippen LogP contribution in [0, 0.1) is 0 Å². The third-order valence-electron chi connectivity index (χ3n) is 7.14. The van der Waals surface area contributed by atoms with Gasteiger partial charge in [-0.25, -0.2) is 9.59 Å². The third-order valence-corrected chi connectivity index (χ3v) is 7.14. The number of hydrogen-bond acceptors (Lipinski definition) is 12. The van der Waals surface area contributed by atoms with Crippen molar-refractivity contribution in [2.45, 2.75) is 82.9 Å². The fraction of sp³-hybridized carbons (Fsp3) is 0.419. The Morgan fingerprint density at radius 3 is 1.33 bits per heavy atom. The molecular weight excluding hydrogens is 592 g/mol. The Morgan fingerprint density at radius 2 is 1.00 bits per heavy atom. The van der Waals surface area contributed by atoms with Crippen LogP contribution in [0.4, 0.5) is 0 Å². The molecule has 2 aromatic rings. The zero-order chi connectivity index (χ0) is 32.1. The third kappa shape index (κ3) is 7.60. The molecule has 3 fully saturated rings. The number of nitrogens with zero attached hydrogens (tertiary/aromatic N) is 2. The quantitative estimate of drug-likeness (QED) is 0.316. The molecule has 4 amide bonds. The Labute approximate surface area is 257 Å². The number of imide groups is 2. The lowest BCUT2D eigenvalue weighted by Crippen LogP contribution is -2.53. The highest BCUT2D eigenvalue weighted by molar-refractivity contribution is 6.02. The van der Waals surface area contributed by atoms with Crippen LogP contribution >= 0.6 is 0 Å². The fourth-order valence-corrected chi connectivity index (χ4v) is 5.00. The number of hydroxylamine groups is 4. The SMILES string of the molecule is CC1(C)O[C@@H]([C@@H](OCc2ccccc2)C(=O)ON2C(=O)CCC2=O)[C@H]([C@@H](OCc2ccccc2)C(=O)ON2C(=O)CCC2=O)O1. The van der Waals surface area contributed by atoms with Crippen LogP contribution in [0.15, 0.2) is 60.7 Å². The normalized spacial score (nSPS) is 22.5. The molecule has 4 atom stereocenters. The minimum atomic E-state index is -1.66. The van der Waals surface area contributed by atoms with E-state index in [0.717, 1.165) is 0 Å². The van der Waals surface area contributed by atoms with Gasteiger partial charge in [-0.1, -0.05) is 60.7 Å². The summed E-state index contributed by atoms with van der Waals surface area (Å²) in [6.07, 6.45) is -6.70. The number of carbonyl (C=O) groups excluding carboxylic acids is 6. The highest BCUT2D eigenvalue weighted by Crippen LogP contribution is 2.35. The van der Waals surface area contributed by atoms with Gasteiger partial charge in [-0.15, -0.1) is 10.1 Å². The van der Waals surface area contributed by atoms with Gasteiger partial charge in [0, 0.05) is 25.7 Å². The van der Waals surface area contributed by atoms with E-state index in [1.165, 1.54) is 13.8 Å². The second-order valence-electron chi connectivity index (χ2n) is 11.0. The topological polar surface area (TPSA) is 164 Å². The molecule has 0 saturated carbocycles. The van der Waals surface area contributed by atoms with Crippen molar-refractivity contribution < 1.29 is 57.4 Å². The summed E-state index contributed by atoms with van der Waals surface area (Å²) in [5.41, 5.74) is 1.33. The van der Waals surface area contributed by atoms with Crippen LogP contribution in [0.25, 0.3) is 0 Å². The van der Waals surface area contributed by atoms with Crippen molar-refractivity contribution in [2.75, 3.05) is 0 Å². The minimum absolute atomic E-state index is 0.129. The molecule has 238 valence electrons. The molecule has 0 aliphatic carbocycles. The van der Waals surface area contributed by atoms with Crippen molar-refractivity contribution >= 4 is 35.6 Å². The Balaban J connectivity index is 1.46. The van der Waals surface area contributed by atoms with E-state index in [2.05, 4.69) is 0 Å². The zero-order valence-electron chi connectivity index (χ0n) is 24.6. The van der Waals surface area contributed by atoms with Crippen LogP contribution < -0.4 is 0 Å². The Morgan fingerprint density at radius 1 is 0.667 bits per heavy atom. The van der Waals surface area contributed by atoms with E-state index in [1.54, 1.807) is 60.7 Å². The van der Waals surface area contributed by atoms with Crippen LogP contribution in [0.2, 0.25) is 0 Å². The number of rotatable bonds is 12. The van der Waals surface area contributed by atoms with E-state index in [4.69, 9.17) is 28.6 Å². The van der Waals surface area contributed by atoms with Gasteiger partial charge in [0.15, 0.2) is 18.0 Å². The average Bonchev–Trinajstić information content (AvgIpc) is 3.63. The summed E-state index contributed by atoms with van der Waals surface area (Å²) in [7, 11) is 0. The average molecular weight is 625 g/mol. The molecule has 3 aliphatic heterocycles. The van der Waals surface area contributed by atoms with E-state index in [-0.39, 0.29) is 38.9 Å². The molecule has 3 saturated heterocycles. The van der Waals surface area contributed by atoms with Crippen LogP contribution in [0.3, 0.4) is 0 Å². The molecule has 0 bridgehead atoms. The zero-order valence-corrected chi connectivity index (χ0v) is 24.6. The maximum Gasteiger partial charge on any atom is 0.364 e. The second-order valence-corrected chi connectivity index (χ2v) is 11.0. The Bertz CT molecular complexity index is 1310. The second kappa shape index (κ2) is 13.6. The molecule has 45 heavy (non-hydrogen) atoms. The molecule has 0 unspecified atom stereocenters. The van der Waals surface area contributed by atoms with E-state index in [1.807, 2.05) is 0 Å². The van der Waals surface area contributed by atoms with Crippen molar-refractivity contribution in [1.29, 1.82) is 0 Å². The maximum absolute atomic E-state index is 13.6. The van der Waals surface area contributed by atoms with Gasteiger partial charge in [0.05, 0.1) is 13.2 Å². The smallest absolute Gasteiger partial charge is 0.359 e. The number of ether oxygens (including phenoxy) is 4. The van der Waals surface area contributed by atoms with Crippen molar-refractivity contribution in [2.24, 2.45) is 0 Å². The van der Waals surface area contributed by atoms with E-state index >= 15 is 0 Å². The van der Waals surface area contributed by atoms with Crippen LogP contribution in [-0.4, -0.2) is 75.9 Å². The predicted molar refractivity (Wildman–Crippen MR) is 148 cm³/mol. The van der Waals surface area contributed by atoms with Gasteiger partial charge in [0.2, 0.25) is 0 Å². The van der Waals surface area contributed by atoms with Crippen molar-refractivity contribution in [3.63, 3.8) is 0 Å². The van der Waals surface area contributed by atoms with Crippen LogP contribution in [-0.2, 0) is 70.6 Å². The van der Waals surface area contributed by atoms with Gasteiger partial charge < -0.3 is 28.6 Å². The maximum atomic E-state index is 13.6.